The Morgan fingerprint density at radius 3 is 2.86 bits per heavy atom. The highest BCUT2D eigenvalue weighted by Gasteiger charge is 2.11. The Bertz CT molecular complexity index is 365. The summed E-state index contributed by atoms with van der Waals surface area (Å²) in [5.41, 5.74) is 0. The quantitative estimate of drug-likeness (QED) is 0.473. The Labute approximate surface area is 103 Å². The van der Waals surface area contributed by atoms with Crippen LogP contribution in [0.15, 0.2) is 12.3 Å². The van der Waals surface area contributed by atoms with Gasteiger partial charge in [0.15, 0.2) is 0 Å². The zero-order valence-electron chi connectivity index (χ0n) is 10.8. The van der Waals surface area contributed by atoms with Gasteiger partial charge in [-0.25, -0.2) is 4.68 Å². The molecule has 14 heavy (non-hydrogen) atoms. The summed E-state index contributed by atoms with van der Waals surface area (Å²) >= 11 is 1.96. The zero-order valence-corrected chi connectivity index (χ0v) is 12.0. The molecule has 1 aromatic heterocycles. The van der Waals surface area contributed by atoms with E-state index in [4.69, 9.17) is 7.48 Å². The van der Waals surface area contributed by atoms with Crippen molar-refractivity contribution in [3.8, 4) is 0 Å². The molecule has 0 aliphatic carbocycles. The van der Waals surface area contributed by atoms with Crippen LogP contribution in [-0.2, 0) is 11.5 Å². The highest BCUT2D eigenvalue weighted by atomic mass is 127. The number of aromatic nitrogens is 2. The second-order valence-corrected chi connectivity index (χ2v) is 11.1. The Hall–Kier alpha value is 0.117. The van der Waals surface area contributed by atoms with E-state index in [2.05, 4.69) is 24.7 Å². The van der Waals surface area contributed by atoms with Crippen molar-refractivity contribution in [1.29, 1.82) is 0 Å². The molecular formula is C9H17IN2OSi. The van der Waals surface area contributed by atoms with E-state index in [1.54, 1.807) is 0 Å². The molecule has 0 saturated carbocycles. The monoisotopic (exact) mass is 326 g/mol. The highest BCUT2D eigenvalue weighted by Crippen LogP contribution is 2.08. The molecule has 0 atom stereocenters. The van der Waals surface area contributed by atoms with Crippen LogP contribution in [0.4, 0.5) is 0 Å². The molecule has 0 radical (unpaired) electrons. The van der Waals surface area contributed by atoms with Gasteiger partial charge in [0.1, 0.15) is 6.73 Å². The van der Waals surface area contributed by atoms with Crippen LogP contribution < -0.4 is 0 Å². The number of ether oxygens (including phenoxy) is 1. The molecule has 0 saturated heterocycles. The Morgan fingerprint density at radius 1 is 1.64 bits per heavy atom. The van der Waals surface area contributed by atoms with E-state index in [0.29, 0.717) is 10.2 Å². The molecule has 0 aliphatic rings. The fourth-order valence-corrected chi connectivity index (χ4v) is 2.00. The predicted octanol–water partition coefficient (Wildman–Crippen LogP) is 2.80. The van der Waals surface area contributed by atoms with Crippen LogP contribution in [-0.4, -0.2) is 24.5 Å². The van der Waals surface area contributed by atoms with E-state index in [-0.39, 0.29) is 19.1 Å². The van der Waals surface area contributed by atoms with Gasteiger partial charge in [-0.1, -0.05) is 19.6 Å². The van der Waals surface area contributed by atoms with E-state index in [1.807, 2.05) is 22.6 Å². The summed E-state index contributed by atoms with van der Waals surface area (Å²) in [4.78, 5) is 0. The summed E-state index contributed by atoms with van der Waals surface area (Å²) < 4.78 is 22.6. The van der Waals surface area contributed by atoms with Gasteiger partial charge in [0, 0.05) is 20.9 Å². The number of hydrogen-bond acceptors (Lipinski definition) is 2. The molecule has 3 nitrogen and oxygen atoms in total. The first kappa shape index (κ1) is 9.35. The molecule has 0 aliphatic heterocycles. The number of hydrogen-bond donors (Lipinski definition) is 0. The van der Waals surface area contributed by atoms with Crippen LogP contribution >= 0.6 is 22.6 Å². The van der Waals surface area contributed by atoms with Gasteiger partial charge < -0.3 is 4.74 Å². The molecule has 0 bridgehead atoms. The molecule has 5 heteroatoms. The molecule has 0 N–H and O–H groups in total. The van der Waals surface area contributed by atoms with Crippen LogP contribution in [0.25, 0.3) is 0 Å². The van der Waals surface area contributed by atoms with Crippen LogP contribution in [0.5, 0.6) is 0 Å². The predicted molar refractivity (Wildman–Crippen MR) is 69.0 cm³/mol. The van der Waals surface area contributed by atoms with Crippen molar-refractivity contribution in [2.45, 2.75) is 32.4 Å². The summed E-state index contributed by atoms with van der Waals surface area (Å²) in [6.45, 7) is 7.87. The van der Waals surface area contributed by atoms with E-state index in [1.165, 1.54) is 4.68 Å². The smallest absolute Gasteiger partial charge is 0.139 e. The number of halogens is 1. The molecule has 0 aromatic carbocycles. The van der Waals surface area contributed by atoms with Gasteiger partial charge in [0.05, 0.1) is 12.5 Å². The second kappa shape index (κ2) is 5.27. The summed E-state index contributed by atoms with van der Waals surface area (Å²) in [6, 6.07) is 1.10. The van der Waals surface area contributed by atoms with E-state index < -0.39 is 8.07 Å². The van der Waals surface area contributed by atoms with Gasteiger partial charge in [-0.2, -0.15) is 5.10 Å². The average Bonchev–Trinajstić information content (AvgIpc) is 2.40. The van der Waals surface area contributed by atoms with Crippen molar-refractivity contribution in [1.82, 2.24) is 9.78 Å². The van der Waals surface area contributed by atoms with Crippen LogP contribution in [0.1, 0.15) is 2.74 Å². The van der Waals surface area contributed by atoms with Crippen molar-refractivity contribution in [3.63, 3.8) is 0 Å². The van der Waals surface area contributed by atoms with E-state index in [0.717, 1.165) is 6.04 Å². The third kappa shape index (κ3) is 5.11. The first-order chi connectivity index (χ1) is 7.31. The minimum atomic E-state index is -1.05. The standard InChI is InChI=1S/C9H17IN2OSi/c1-14(2,3)5-4-13-8-12-7-9(10)6-11-12/h6-7H,4-5,8H2,1-3H3/i6D,7D. The Kier molecular flexibility index (Phi) is 3.52. The first-order valence-electron chi connectivity index (χ1n) is 5.58. The van der Waals surface area contributed by atoms with Crippen molar-refractivity contribution in [2.75, 3.05) is 6.61 Å². The molecule has 1 heterocycles. The molecule has 0 amide bonds. The van der Waals surface area contributed by atoms with Gasteiger partial charge in [-0.05, 0) is 28.6 Å². The first-order valence-corrected chi connectivity index (χ1v) is 9.37. The molecule has 1 aromatic rings. The van der Waals surface area contributed by atoms with Crippen molar-refractivity contribution in [2.24, 2.45) is 0 Å². The van der Waals surface area contributed by atoms with Crippen LogP contribution in [0.3, 0.4) is 0 Å². The van der Waals surface area contributed by atoms with Gasteiger partial charge in [0.25, 0.3) is 0 Å². The molecule has 1 rings (SSSR count). The largest absolute Gasteiger partial charge is 0.360 e. The lowest BCUT2D eigenvalue weighted by molar-refractivity contribution is 0.0785. The topological polar surface area (TPSA) is 27.1 Å². The molecular weight excluding hydrogens is 307 g/mol. The summed E-state index contributed by atoms with van der Waals surface area (Å²) in [7, 11) is -1.05. The van der Waals surface area contributed by atoms with E-state index in [9.17, 15) is 0 Å². The molecule has 0 unspecified atom stereocenters. The minimum Gasteiger partial charge on any atom is -0.360 e. The normalized spacial score (nSPS) is 14.0. The van der Waals surface area contributed by atoms with Gasteiger partial charge >= 0.3 is 0 Å². The van der Waals surface area contributed by atoms with E-state index >= 15 is 0 Å². The SMILES string of the molecule is [2H]c1nn(COCC[Si](C)(C)C)c([2H])c1I. The maximum atomic E-state index is 7.68. The summed E-state index contributed by atoms with van der Waals surface area (Å²) in [5, 5.41) is 3.92. The zero-order chi connectivity index (χ0) is 12.3. The van der Waals surface area contributed by atoms with Crippen molar-refractivity contribution < 1.29 is 7.48 Å². The van der Waals surface area contributed by atoms with Gasteiger partial charge in [-0.15, -0.1) is 0 Å². The van der Waals surface area contributed by atoms with Gasteiger partial charge in [-0.3, -0.25) is 0 Å². The van der Waals surface area contributed by atoms with Crippen LogP contribution in [0, 0.1) is 3.57 Å². The third-order valence-electron chi connectivity index (χ3n) is 1.71. The number of nitrogens with zero attached hydrogens (tertiary/aromatic N) is 2. The lowest BCUT2D eigenvalue weighted by atomic mass is 10.7. The fraction of sp³-hybridized carbons (Fsp3) is 0.667. The minimum absolute atomic E-state index is 0.152. The van der Waals surface area contributed by atoms with Crippen LogP contribution in [0.2, 0.25) is 25.7 Å². The third-order valence-corrected chi connectivity index (χ3v) is 3.89. The summed E-state index contributed by atoms with van der Waals surface area (Å²) in [5.74, 6) is 0. The Balaban J connectivity index is 2.41. The van der Waals surface area contributed by atoms with Crippen molar-refractivity contribution >= 4 is 30.7 Å². The maximum Gasteiger partial charge on any atom is 0.139 e. The van der Waals surface area contributed by atoms with Crippen molar-refractivity contribution in [3.05, 3.63) is 15.9 Å². The molecule has 80 valence electrons. The lowest BCUT2D eigenvalue weighted by Crippen LogP contribution is -2.22. The lowest BCUT2D eigenvalue weighted by Gasteiger charge is -2.15. The number of rotatable bonds is 5. The Morgan fingerprint density at radius 2 is 2.36 bits per heavy atom. The highest BCUT2D eigenvalue weighted by molar-refractivity contribution is 14.1. The fourth-order valence-electron chi connectivity index (χ4n) is 0.858. The molecule has 0 fully saturated rings. The molecule has 0 spiro atoms. The second-order valence-electron chi connectivity index (χ2n) is 4.39. The summed E-state index contributed by atoms with van der Waals surface area (Å²) in [6.07, 6.45) is 0.415. The van der Waals surface area contributed by atoms with Gasteiger partial charge in [0.2, 0.25) is 0 Å². The maximum absolute atomic E-state index is 7.68. The average molecular weight is 326 g/mol.